The second-order valence-corrected chi connectivity index (χ2v) is 4.39. The Morgan fingerprint density at radius 2 is 2.20 bits per heavy atom. The van der Waals surface area contributed by atoms with E-state index in [1.165, 1.54) is 10.7 Å². The molecule has 0 aliphatic heterocycles. The Kier molecular flexibility index (Phi) is 3.51. The first kappa shape index (κ1) is 13.7. The Balaban J connectivity index is 2.16. The highest BCUT2D eigenvalue weighted by Crippen LogP contribution is 2.17. The first-order chi connectivity index (χ1) is 9.38. The monoisotopic (exact) mass is 278 g/mol. The van der Waals surface area contributed by atoms with Gasteiger partial charge in [0.15, 0.2) is 5.82 Å². The Labute approximate surface area is 114 Å². The molecule has 0 fully saturated rings. The van der Waals surface area contributed by atoms with Crippen molar-refractivity contribution in [2.45, 2.75) is 19.9 Å². The fourth-order valence-corrected chi connectivity index (χ4v) is 1.78. The predicted molar refractivity (Wildman–Crippen MR) is 70.2 cm³/mol. The minimum atomic E-state index is -0.675. The third-order valence-corrected chi connectivity index (χ3v) is 2.81. The van der Waals surface area contributed by atoms with Crippen molar-refractivity contribution >= 4 is 17.5 Å². The standard InChI is InChI=1S/C11H14N6O3/c1-7-6-10(17(19)20)14-16(7)8(2)11(18)12-9-4-5-15(3)13-9/h4-6,8H,1-3H3,(H,12,13,18). The van der Waals surface area contributed by atoms with Gasteiger partial charge in [-0.25, -0.2) is 0 Å². The molecule has 1 unspecified atom stereocenters. The number of carbonyl (C=O) groups excluding carboxylic acids is 1. The molecule has 20 heavy (non-hydrogen) atoms. The number of rotatable bonds is 4. The zero-order valence-electron chi connectivity index (χ0n) is 11.3. The number of hydrogen-bond acceptors (Lipinski definition) is 5. The number of nitro groups is 1. The Bertz CT molecular complexity index is 659. The van der Waals surface area contributed by atoms with Gasteiger partial charge in [0.05, 0.1) is 16.9 Å². The Hall–Kier alpha value is -2.71. The van der Waals surface area contributed by atoms with Gasteiger partial charge in [-0.15, -0.1) is 0 Å². The molecule has 0 aliphatic carbocycles. The largest absolute Gasteiger partial charge is 0.390 e. The summed E-state index contributed by atoms with van der Waals surface area (Å²) < 4.78 is 2.88. The van der Waals surface area contributed by atoms with Gasteiger partial charge in [-0.05, 0) is 18.8 Å². The van der Waals surface area contributed by atoms with E-state index < -0.39 is 11.0 Å². The minimum absolute atomic E-state index is 0.278. The summed E-state index contributed by atoms with van der Waals surface area (Å²) in [5.41, 5.74) is 0.542. The average molecular weight is 278 g/mol. The first-order valence-corrected chi connectivity index (χ1v) is 5.89. The van der Waals surface area contributed by atoms with Crippen molar-refractivity contribution < 1.29 is 9.72 Å². The number of nitrogens with one attached hydrogen (secondary N) is 1. The van der Waals surface area contributed by atoms with Crippen LogP contribution in [0.25, 0.3) is 0 Å². The van der Waals surface area contributed by atoms with E-state index in [0.29, 0.717) is 11.5 Å². The summed E-state index contributed by atoms with van der Waals surface area (Å²) in [5.74, 6) is -0.201. The predicted octanol–water partition coefficient (Wildman–Crippen LogP) is 1.03. The lowest BCUT2D eigenvalue weighted by atomic mass is 10.3. The number of carbonyl (C=O) groups is 1. The molecule has 0 bridgehead atoms. The minimum Gasteiger partial charge on any atom is -0.358 e. The molecular formula is C11H14N6O3. The summed E-state index contributed by atoms with van der Waals surface area (Å²) in [6.45, 7) is 3.27. The molecule has 2 rings (SSSR count). The van der Waals surface area contributed by atoms with E-state index in [1.807, 2.05) is 0 Å². The summed E-state index contributed by atoms with van der Waals surface area (Å²) in [4.78, 5) is 22.1. The highest BCUT2D eigenvalue weighted by Gasteiger charge is 2.24. The molecule has 9 heteroatoms. The molecule has 0 aliphatic rings. The van der Waals surface area contributed by atoms with Gasteiger partial charge in [-0.2, -0.15) is 9.78 Å². The van der Waals surface area contributed by atoms with E-state index in [4.69, 9.17) is 0 Å². The Morgan fingerprint density at radius 1 is 1.50 bits per heavy atom. The van der Waals surface area contributed by atoms with Crippen LogP contribution in [0.4, 0.5) is 11.6 Å². The lowest BCUT2D eigenvalue weighted by molar-refractivity contribution is -0.389. The van der Waals surface area contributed by atoms with Crippen LogP contribution < -0.4 is 5.32 Å². The normalized spacial score (nSPS) is 12.2. The second-order valence-electron chi connectivity index (χ2n) is 4.39. The van der Waals surface area contributed by atoms with Crippen LogP contribution >= 0.6 is 0 Å². The van der Waals surface area contributed by atoms with Crippen molar-refractivity contribution in [1.82, 2.24) is 19.6 Å². The zero-order chi connectivity index (χ0) is 14.9. The fourth-order valence-electron chi connectivity index (χ4n) is 1.78. The lowest BCUT2D eigenvalue weighted by Crippen LogP contribution is -2.25. The Morgan fingerprint density at radius 3 is 2.70 bits per heavy atom. The first-order valence-electron chi connectivity index (χ1n) is 5.89. The van der Waals surface area contributed by atoms with Crippen molar-refractivity contribution in [1.29, 1.82) is 0 Å². The van der Waals surface area contributed by atoms with E-state index in [1.54, 1.807) is 37.8 Å². The molecule has 1 amide bonds. The number of amides is 1. The van der Waals surface area contributed by atoms with Crippen molar-refractivity contribution in [2.75, 3.05) is 5.32 Å². The number of aromatic nitrogens is 4. The van der Waals surface area contributed by atoms with Gasteiger partial charge in [0.25, 0.3) is 5.91 Å². The molecule has 0 aromatic carbocycles. The van der Waals surface area contributed by atoms with E-state index in [2.05, 4.69) is 15.5 Å². The van der Waals surface area contributed by atoms with E-state index >= 15 is 0 Å². The summed E-state index contributed by atoms with van der Waals surface area (Å²) >= 11 is 0. The molecule has 9 nitrogen and oxygen atoms in total. The average Bonchev–Trinajstić information content (AvgIpc) is 2.95. The van der Waals surface area contributed by atoms with Gasteiger partial charge in [0.2, 0.25) is 0 Å². The van der Waals surface area contributed by atoms with Crippen LogP contribution in [0.5, 0.6) is 0 Å². The highest BCUT2D eigenvalue weighted by atomic mass is 16.6. The number of anilines is 1. The maximum absolute atomic E-state index is 12.1. The highest BCUT2D eigenvalue weighted by molar-refractivity contribution is 5.92. The molecular weight excluding hydrogens is 264 g/mol. The van der Waals surface area contributed by atoms with Crippen LogP contribution in [0.15, 0.2) is 18.3 Å². The molecule has 2 heterocycles. The van der Waals surface area contributed by atoms with E-state index in [-0.39, 0.29) is 11.7 Å². The van der Waals surface area contributed by atoms with Crippen LogP contribution in [0, 0.1) is 17.0 Å². The third-order valence-electron chi connectivity index (χ3n) is 2.81. The molecule has 2 aromatic heterocycles. The second kappa shape index (κ2) is 5.11. The lowest BCUT2D eigenvalue weighted by Gasteiger charge is -2.09. The van der Waals surface area contributed by atoms with E-state index in [0.717, 1.165) is 0 Å². The zero-order valence-corrected chi connectivity index (χ0v) is 11.3. The quantitative estimate of drug-likeness (QED) is 0.663. The molecule has 1 atom stereocenters. The van der Waals surface area contributed by atoms with E-state index in [9.17, 15) is 14.9 Å². The SMILES string of the molecule is Cc1cc([N+](=O)[O-])nn1C(C)C(=O)Nc1ccn(C)n1. The fraction of sp³-hybridized carbons (Fsp3) is 0.364. The van der Waals surface area contributed by atoms with Gasteiger partial charge in [0, 0.05) is 19.3 Å². The number of hydrogen-bond donors (Lipinski definition) is 1. The smallest absolute Gasteiger partial charge is 0.358 e. The maximum atomic E-state index is 12.1. The van der Waals surface area contributed by atoms with Gasteiger partial charge < -0.3 is 15.4 Å². The molecule has 0 saturated carbocycles. The molecule has 0 saturated heterocycles. The summed E-state index contributed by atoms with van der Waals surface area (Å²) in [7, 11) is 1.74. The molecule has 0 spiro atoms. The number of aryl methyl sites for hydroxylation is 2. The van der Waals surface area contributed by atoms with Gasteiger partial charge in [-0.1, -0.05) is 0 Å². The van der Waals surface area contributed by atoms with Gasteiger partial charge in [0.1, 0.15) is 6.04 Å². The van der Waals surface area contributed by atoms with Gasteiger partial charge >= 0.3 is 5.82 Å². The van der Waals surface area contributed by atoms with Crippen LogP contribution in [-0.4, -0.2) is 30.4 Å². The van der Waals surface area contributed by atoms with Crippen molar-refractivity contribution in [3.8, 4) is 0 Å². The summed E-state index contributed by atoms with van der Waals surface area (Å²) in [5, 5.41) is 21.1. The topological polar surface area (TPSA) is 108 Å². The summed E-state index contributed by atoms with van der Waals surface area (Å²) in [6, 6.07) is 2.30. The van der Waals surface area contributed by atoms with Crippen LogP contribution in [0.2, 0.25) is 0 Å². The molecule has 106 valence electrons. The summed E-state index contributed by atoms with van der Waals surface area (Å²) in [6.07, 6.45) is 1.70. The van der Waals surface area contributed by atoms with Crippen LogP contribution in [-0.2, 0) is 11.8 Å². The van der Waals surface area contributed by atoms with Crippen molar-refractivity contribution in [2.24, 2.45) is 7.05 Å². The van der Waals surface area contributed by atoms with Crippen LogP contribution in [0.1, 0.15) is 18.7 Å². The van der Waals surface area contributed by atoms with Gasteiger partial charge in [-0.3, -0.25) is 9.48 Å². The molecule has 2 aromatic rings. The van der Waals surface area contributed by atoms with Crippen LogP contribution in [0.3, 0.4) is 0 Å². The number of nitrogens with zero attached hydrogens (tertiary/aromatic N) is 5. The van der Waals surface area contributed by atoms with Crippen molar-refractivity contribution in [3.63, 3.8) is 0 Å². The maximum Gasteiger partial charge on any atom is 0.390 e. The molecule has 0 radical (unpaired) electrons. The third kappa shape index (κ3) is 2.66. The van der Waals surface area contributed by atoms with Crippen molar-refractivity contribution in [3.05, 3.63) is 34.1 Å². The molecule has 1 N–H and O–H groups in total.